The molecule has 1 N–H and O–H groups in total. The Bertz CT molecular complexity index is 134. The van der Waals surface area contributed by atoms with Crippen LogP contribution in [-0.2, 0) is 0 Å². The molecule has 0 aliphatic carbocycles. The zero-order valence-corrected chi connectivity index (χ0v) is 12.1. The van der Waals surface area contributed by atoms with Crippen molar-refractivity contribution in [1.29, 1.82) is 0 Å². The fourth-order valence-corrected chi connectivity index (χ4v) is 5.00. The van der Waals surface area contributed by atoms with E-state index in [1.165, 1.54) is 12.8 Å². The van der Waals surface area contributed by atoms with E-state index in [9.17, 15) is 0 Å². The third-order valence-electron chi connectivity index (χ3n) is 2.30. The van der Waals surface area contributed by atoms with Crippen LogP contribution in [0.5, 0.6) is 0 Å². The molecule has 0 aliphatic rings. The summed E-state index contributed by atoms with van der Waals surface area (Å²) in [6, 6.07) is 1.08. The smallest absolute Gasteiger partial charge is 0.289 e. The monoisotopic (exact) mass is 236 g/mol. The second kappa shape index (κ2) is 7.68. The first kappa shape index (κ1) is 14.4. The Hall–Kier alpha value is 0.427. The van der Waals surface area contributed by atoms with Gasteiger partial charge in [0, 0.05) is 0 Å². The summed E-state index contributed by atoms with van der Waals surface area (Å²) in [5.41, 5.74) is 0. The van der Waals surface area contributed by atoms with Gasteiger partial charge < -0.3 is 4.98 Å². The fourth-order valence-electron chi connectivity index (χ4n) is 1.62. The summed E-state index contributed by atoms with van der Waals surface area (Å²) in [6.45, 7) is 12.1. The Morgan fingerprint density at radius 3 is 2.07 bits per heavy atom. The molecule has 1 unspecified atom stereocenters. The van der Waals surface area contributed by atoms with Gasteiger partial charge >= 0.3 is 0 Å². The first-order chi connectivity index (χ1) is 6.50. The fraction of sp³-hybridized carbons (Fsp3) is 1.00. The Balaban J connectivity index is 3.96. The van der Waals surface area contributed by atoms with Gasteiger partial charge in [-0.15, -0.1) is 11.1 Å². The summed E-state index contributed by atoms with van der Waals surface area (Å²) in [7, 11) is -1.41. The molecule has 2 nitrogen and oxygen atoms in total. The Morgan fingerprint density at radius 2 is 1.71 bits per heavy atom. The van der Waals surface area contributed by atoms with E-state index in [1.807, 2.05) is 0 Å². The molecule has 0 amide bonds. The normalized spacial score (nSPS) is 14.4. The SMILES string of the molecule is CCCCN[SiH](Cl)N(C(C)C)C(C)C. The van der Waals surface area contributed by atoms with E-state index >= 15 is 0 Å². The maximum Gasteiger partial charge on any atom is 0.289 e. The van der Waals surface area contributed by atoms with Gasteiger partial charge in [0.1, 0.15) is 0 Å². The van der Waals surface area contributed by atoms with Gasteiger partial charge in [-0.3, -0.25) is 4.57 Å². The molecule has 86 valence electrons. The van der Waals surface area contributed by atoms with E-state index in [0.29, 0.717) is 12.1 Å². The number of hydrogen-bond donors (Lipinski definition) is 1. The van der Waals surface area contributed by atoms with Gasteiger partial charge in [-0.1, -0.05) is 41.0 Å². The molecule has 1 atom stereocenters. The van der Waals surface area contributed by atoms with Crippen molar-refractivity contribution >= 4 is 19.5 Å². The van der Waals surface area contributed by atoms with Crippen molar-refractivity contribution in [3.05, 3.63) is 0 Å². The topological polar surface area (TPSA) is 15.3 Å². The molecule has 0 saturated carbocycles. The quantitative estimate of drug-likeness (QED) is 0.415. The number of halogens is 1. The van der Waals surface area contributed by atoms with Crippen molar-refractivity contribution in [1.82, 2.24) is 9.55 Å². The standard InChI is InChI=1S/C10H25ClN2Si/c1-6-7-8-12-14(11)13(9(2)3)10(4)5/h9-10,12,14H,6-8H2,1-5H3. The second-order valence-corrected chi connectivity index (χ2v) is 7.19. The molecule has 0 aliphatic heterocycles. The number of hydrogen-bond acceptors (Lipinski definition) is 2. The van der Waals surface area contributed by atoms with Crippen LogP contribution in [0.4, 0.5) is 0 Å². The van der Waals surface area contributed by atoms with Crippen molar-refractivity contribution in [2.75, 3.05) is 6.54 Å². The molecule has 14 heavy (non-hydrogen) atoms. The van der Waals surface area contributed by atoms with Crippen LogP contribution in [0.25, 0.3) is 0 Å². The van der Waals surface area contributed by atoms with Crippen LogP contribution < -0.4 is 4.98 Å². The predicted octanol–water partition coefficient (Wildman–Crippen LogP) is 2.45. The number of unbranched alkanes of at least 4 members (excludes halogenated alkanes) is 1. The van der Waals surface area contributed by atoms with E-state index in [4.69, 9.17) is 11.1 Å². The summed E-state index contributed by atoms with van der Waals surface area (Å²) < 4.78 is 2.41. The highest BCUT2D eigenvalue weighted by Crippen LogP contribution is 2.08. The van der Waals surface area contributed by atoms with Crippen molar-refractivity contribution in [2.45, 2.75) is 59.5 Å². The van der Waals surface area contributed by atoms with Gasteiger partial charge in [-0.2, -0.15) is 0 Å². The van der Waals surface area contributed by atoms with Gasteiger partial charge in [0.2, 0.25) is 0 Å². The maximum absolute atomic E-state index is 6.43. The van der Waals surface area contributed by atoms with Crippen molar-refractivity contribution < 1.29 is 0 Å². The van der Waals surface area contributed by atoms with E-state index in [0.717, 1.165) is 6.54 Å². The average Bonchev–Trinajstić information content (AvgIpc) is 2.03. The molecule has 0 aromatic heterocycles. The Kier molecular flexibility index (Phi) is 7.92. The lowest BCUT2D eigenvalue weighted by Gasteiger charge is -2.34. The molecule has 0 rings (SSSR count). The van der Waals surface area contributed by atoms with Crippen LogP contribution in [-0.4, -0.2) is 31.6 Å². The van der Waals surface area contributed by atoms with Gasteiger partial charge in [0.05, 0.1) is 0 Å². The summed E-state index contributed by atoms with van der Waals surface area (Å²) in [5.74, 6) is 0. The van der Waals surface area contributed by atoms with Crippen molar-refractivity contribution in [3.8, 4) is 0 Å². The molecule has 0 radical (unpaired) electrons. The summed E-state index contributed by atoms with van der Waals surface area (Å²) >= 11 is 6.43. The minimum absolute atomic E-state index is 0.540. The Morgan fingerprint density at radius 1 is 1.21 bits per heavy atom. The predicted molar refractivity (Wildman–Crippen MR) is 68.0 cm³/mol. The highest BCUT2D eigenvalue weighted by atomic mass is 35.6. The first-order valence-corrected chi connectivity index (χ1v) is 8.49. The average molecular weight is 237 g/mol. The molecular formula is C10H25ClN2Si. The van der Waals surface area contributed by atoms with E-state index in [-0.39, 0.29) is 0 Å². The first-order valence-electron chi connectivity index (χ1n) is 5.65. The summed E-state index contributed by atoms with van der Waals surface area (Å²) in [4.78, 5) is 3.48. The van der Waals surface area contributed by atoms with Crippen molar-refractivity contribution in [3.63, 3.8) is 0 Å². The second-order valence-electron chi connectivity index (χ2n) is 4.28. The lowest BCUT2D eigenvalue weighted by molar-refractivity contribution is 0.303. The molecular weight excluding hydrogens is 212 g/mol. The lowest BCUT2D eigenvalue weighted by Crippen LogP contribution is -2.53. The molecule has 0 bridgehead atoms. The van der Waals surface area contributed by atoms with Gasteiger partial charge in [-0.25, -0.2) is 0 Å². The minimum Gasteiger partial charge on any atom is -0.316 e. The van der Waals surface area contributed by atoms with E-state index in [1.54, 1.807) is 0 Å². The van der Waals surface area contributed by atoms with E-state index < -0.39 is 8.43 Å². The number of nitrogens with zero attached hydrogens (tertiary/aromatic N) is 1. The Labute approximate surface area is 95.5 Å². The largest absolute Gasteiger partial charge is 0.316 e. The van der Waals surface area contributed by atoms with Gasteiger partial charge in [0.25, 0.3) is 8.43 Å². The molecule has 0 fully saturated rings. The van der Waals surface area contributed by atoms with E-state index in [2.05, 4.69) is 44.2 Å². The third kappa shape index (κ3) is 5.34. The molecule has 4 heteroatoms. The van der Waals surface area contributed by atoms with Crippen LogP contribution in [0.3, 0.4) is 0 Å². The van der Waals surface area contributed by atoms with Gasteiger partial charge in [0.15, 0.2) is 0 Å². The number of nitrogens with one attached hydrogen (secondary N) is 1. The van der Waals surface area contributed by atoms with Crippen LogP contribution >= 0.6 is 11.1 Å². The molecule has 0 saturated heterocycles. The molecule has 0 aromatic rings. The van der Waals surface area contributed by atoms with Gasteiger partial charge in [-0.05, 0) is 25.0 Å². The zero-order valence-electron chi connectivity index (χ0n) is 10.2. The lowest BCUT2D eigenvalue weighted by atomic mass is 10.3. The maximum atomic E-state index is 6.43. The van der Waals surface area contributed by atoms with Crippen molar-refractivity contribution in [2.24, 2.45) is 0 Å². The molecule has 0 aromatic carbocycles. The molecule has 0 heterocycles. The van der Waals surface area contributed by atoms with Crippen LogP contribution in [0.15, 0.2) is 0 Å². The zero-order chi connectivity index (χ0) is 11.1. The third-order valence-corrected chi connectivity index (χ3v) is 5.78. The highest BCUT2D eigenvalue weighted by molar-refractivity contribution is 7.03. The van der Waals surface area contributed by atoms with Crippen LogP contribution in [0.2, 0.25) is 0 Å². The van der Waals surface area contributed by atoms with Crippen LogP contribution in [0, 0.1) is 0 Å². The summed E-state index contributed by atoms with van der Waals surface area (Å²) in [5, 5.41) is 0. The molecule has 0 spiro atoms. The number of rotatable bonds is 7. The summed E-state index contributed by atoms with van der Waals surface area (Å²) in [6.07, 6.45) is 2.45. The van der Waals surface area contributed by atoms with Crippen LogP contribution in [0.1, 0.15) is 47.5 Å². The highest BCUT2D eigenvalue weighted by Gasteiger charge is 2.22. The minimum atomic E-state index is -1.41.